The highest BCUT2D eigenvalue weighted by molar-refractivity contribution is 14.1. The van der Waals surface area contributed by atoms with Gasteiger partial charge in [-0.05, 0) is 65.8 Å². The Balaban J connectivity index is 2.17. The van der Waals surface area contributed by atoms with E-state index in [1.807, 2.05) is 13.0 Å². The molecular weight excluding hydrogens is 509 g/mol. The van der Waals surface area contributed by atoms with Gasteiger partial charge >= 0.3 is 0 Å². The van der Waals surface area contributed by atoms with Crippen molar-refractivity contribution in [3.05, 3.63) is 55.3 Å². The second kappa shape index (κ2) is 10.4. The lowest BCUT2D eigenvalue weighted by Crippen LogP contribution is -2.26. The van der Waals surface area contributed by atoms with Crippen LogP contribution in [0.25, 0.3) is 0 Å². The van der Waals surface area contributed by atoms with Gasteiger partial charge in [0.05, 0.1) is 39.7 Å². The number of hydrogen-bond acceptors (Lipinski definition) is 4. The number of halogens is 4. The molecule has 0 radical (unpaired) electrons. The van der Waals surface area contributed by atoms with Gasteiger partial charge in [-0.2, -0.15) is 0 Å². The van der Waals surface area contributed by atoms with Crippen LogP contribution in [0.2, 0.25) is 10.0 Å². The highest BCUT2D eigenvalue weighted by atomic mass is 127. The molecule has 2 aromatic carbocycles. The summed E-state index contributed by atoms with van der Waals surface area (Å²) in [5.74, 6) is -1.28. The van der Waals surface area contributed by atoms with Gasteiger partial charge in [-0.3, -0.25) is 9.63 Å². The monoisotopic (exact) mass is 526 g/mol. The summed E-state index contributed by atoms with van der Waals surface area (Å²) in [6, 6.07) is 7.61. The molecule has 0 saturated heterocycles. The molecule has 0 saturated carbocycles. The number of hydroxylamine groups is 1. The molecule has 2 aromatic rings. The van der Waals surface area contributed by atoms with E-state index in [0.29, 0.717) is 23.6 Å². The summed E-state index contributed by atoms with van der Waals surface area (Å²) in [5.41, 5.74) is 3.06. The van der Waals surface area contributed by atoms with Crippen LogP contribution in [0, 0.1) is 9.39 Å². The number of aliphatic hydroxyl groups is 1. The zero-order valence-corrected chi connectivity index (χ0v) is 18.0. The standard InChI is InChI=1S/C18H18Cl2FIN2O3/c1-2-11(25)5-6-27-24-18(26)12-8-13(19)15(21)9-17(12)23-16-4-3-10(22)7-14(16)20/h3-4,7-9,11,23,25H,2,5-6H2,1H3,(H,24,26). The van der Waals surface area contributed by atoms with E-state index in [1.165, 1.54) is 6.07 Å². The van der Waals surface area contributed by atoms with Crippen LogP contribution in [-0.4, -0.2) is 23.7 Å². The average Bonchev–Trinajstić information content (AvgIpc) is 2.63. The Morgan fingerprint density at radius 3 is 2.67 bits per heavy atom. The van der Waals surface area contributed by atoms with Gasteiger partial charge in [-0.15, -0.1) is 0 Å². The Hall–Kier alpha value is -1.13. The molecule has 1 unspecified atom stereocenters. The maximum absolute atomic E-state index is 13.9. The van der Waals surface area contributed by atoms with Crippen molar-refractivity contribution in [2.24, 2.45) is 0 Å². The number of benzene rings is 2. The van der Waals surface area contributed by atoms with Gasteiger partial charge in [0, 0.05) is 3.57 Å². The van der Waals surface area contributed by atoms with Gasteiger partial charge in [0.25, 0.3) is 5.91 Å². The third kappa shape index (κ3) is 6.46. The van der Waals surface area contributed by atoms with Crippen molar-refractivity contribution >= 4 is 63.1 Å². The van der Waals surface area contributed by atoms with Crippen LogP contribution in [0.5, 0.6) is 0 Å². The molecule has 1 amide bonds. The van der Waals surface area contributed by atoms with Gasteiger partial charge in [-0.25, -0.2) is 9.87 Å². The van der Waals surface area contributed by atoms with Crippen LogP contribution in [0.4, 0.5) is 15.8 Å². The van der Waals surface area contributed by atoms with E-state index >= 15 is 0 Å². The second-order valence-electron chi connectivity index (χ2n) is 5.69. The van der Waals surface area contributed by atoms with Crippen LogP contribution in [-0.2, 0) is 4.84 Å². The normalized spacial score (nSPS) is 11.9. The smallest absolute Gasteiger partial charge is 0.277 e. The highest BCUT2D eigenvalue weighted by Crippen LogP contribution is 2.31. The highest BCUT2D eigenvalue weighted by Gasteiger charge is 2.17. The third-order valence-electron chi connectivity index (χ3n) is 3.69. The molecule has 0 heterocycles. The number of rotatable bonds is 8. The minimum absolute atomic E-state index is 0.0899. The summed E-state index contributed by atoms with van der Waals surface area (Å²) in [6.45, 7) is 1.98. The van der Waals surface area contributed by atoms with Crippen molar-refractivity contribution in [3.8, 4) is 0 Å². The molecule has 9 heteroatoms. The van der Waals surface area contributed by atoms with E-state index in [-0.39, 0.29) is 22.9 Å². The Morgan fingerprint density at radius 2 is 2.00 bits per heavy atom. The van der Waals surface area contributed by atoms with Crippen LogP contribution < -0.4 is 10.8 Å². The van der Waals surface area contributed by atoms with E-state index < -0.39 is 17.8 Å². The summed E-state index contributed by atoms with van der Waals surface area (Å²) in [5, 5.41) is 12.7. The summed E-state index contributed by atoms with van der Waals surface area (Å²) in [4.78, 5) is 17.5. The minimum atomic E-state index is -0.677. The van der Waals surface area contributed by atoms with E-state index in [1.54, 1.807) is 12.1 Å². The molecule has 5 nitrogen and oxygen atoms in total. The van der Waals surface area contributed by atoms with Crippen molar-refractivity contribution in [3.63, 3.8) is 0 Å². The third-order valence-corrected chi connectivity index (χ3v) is 4.97. The second-order valence-corrected chi connectivity index (χ2v) is 7.75. The molecule has 146 valence electrons. The number of carbonyl (C=O) groups excluding carboxylic acids is 1. The predicted octanol–water partition coefficient (Wildman–Crippen LogP) is 5.30. The Labute approximate surface area is 180 Å². The van der Waals surface area contributed by atoms with Crippen molar-refractivity contribution in [2.75, 3.05) is 11.9 Å². The number of nitrogens with one attached hydrogen (secondary N) is 2. The maximum Gasteiger partial charge on any atom is 0.277 e. The van der Waals surface area contributed by atoms with Gasteiger partial charge in [0.15, 0.2) is 0 Å². The van der Waals surface area contributed by atoms with Gasteiger partial charge < -0.3 is 10.4 Å². The van der Waals surface area contributed by atoms with Crippen LogP contribution >= 0.6 is 45.8 Å². The summed E-state index contributed by atoms with van der Waals surface area (Å²) >= 11 is 14.1. The van der Waals surface area contributed by atoms with Crippen molar-refractivity contribution < 1.29 is 19.1 Å². The SMILES string of the molecule is CCC(O)CCONC(=O)c1cc(Cl)c(F)cc1Nc1ccc(I)cc1Cl. The van der Waals surface area contributed by atoms with Crippen LogP contribution in [0.1, 0.15) is 30.1 Å². The fourth-order valence-electron chi connectivity index (χ4n) is 2.14. The fourth-order valence-corrected chi connectivity index (χ4v) is 3.21. The molecule has 27 heavy (non-hydrogen) atoms. The first-order valence-corrected chi connectivity index (χ1v) is 9.96. The van der Waals surface area contributed by atoms with Crippen LogP contribution in [0.3, 0.4) is 0 Å². The van der Waals surface area contributed by atoms with Crippen molar-refractivity contribution in [2.45, 2.75) is 25.9 Å². The van der Waals surface area contributed by atoms with Gasteiger partial charge in [0.2, 0.25) is 0 Å². The largest absolute Gasteiger partial charge is 0.393 e. The molecule has 2 rings (SSSR count). The Bertz CT molecular complexity index is 823. The van der Waals surface area contributed by atoms with E-state index in [0.717, 1.165) is 9.64 Å². The fraction of sp³-hybridized carbons (Fsp3) is 0.278. The maximum atomic E-state index is 13.9. The molecule has 3 N–H and O–H groups in total. The van der Waals surface area contributed by atoms with Crippen LogP contribution in [0.15, 0.2) is 30.3 Å². The number of amides is 1. The molecular formula is C18H18Cl2FIN2O3. The number of carbonyl (C=O) groups is 1. The molecule has 0 fully saturated rings. The number of aliphatic hydroxyl groups excluding tert-OH is 1. The van der Waals surface area contributed by atoms with E-state index in [9.17, 15) is 14.3 Å². The van der Waals surface area contributed by atoms with Crippen molar-refractivity contribution in [1.29, 1.82) is 0 Å². The lowest BCUT2D eigenvalue weighted by Gasteiger charge is -2.15. The average molecular weight is 527 g/mol. The van der Waals surface area contributed by atoms with Gasteiger partial charge in [-0.1, -0.05) is 30.1 Å². The Morgan fingerprint density at radius 1 is 1.26 bits per heavy atom. The molecule has 0 spiro atoms. The first-order chi connectivity index (χ1) is 12.8. The quantitative estimate of drug-likeness (QED) is 0.248. The lowest BCUT2D eigenvalue weighted by molar-refractivity contribution is 0.0161. The first kappa shape index (κ1) is 22.2. The lowest BCUT2D eigenvalue weighted by atomic mass is 10.1. The molecule has 0 bridgehead atoms. The molecule has 0 aliphatic heterocycles. The zero-order chi connectivity index (χ0) is 20.0. The molecule has 0 aliphatic carbocycles. The number of hydrogen-bond donors (Lipinski definition) is 3. The topological polar surface area (TPSA) is 70.6 Å². The predicted molar refractivity (Wildman–Crippen MR) is 113 cm³/mol. The summed E-state index contributed by atoms with van der Waals surface area (Å²) < 4.78 is 14.9. The zero-order valence-electron chi connectivity index (χ0n) is 14.4. The summed E-state index contributed by atoms with van der Waals surface area (Å²) in [6.07, 6.45) is 0.474. The van der Waals surface area contributed by atoms with Crippen molar-refractivity contribution in [1.82, 2.24) is 5.48 Å². The van der Waals surface area contributed by atoms with Gasteiger partial charge in [0.1, 0.15) is 5.82 Å². The Kier molecular flexibility index (Phi) is 8.56. The van der Waals surface area contributed by atoms with E-state index in [4.69, 9.17) is 28.0 Å². The molecule has 0 aliphatic rings. The van der Waals surface area contributed by atoms with E-state index in [2.05, 4.69) is 33.4 Å². The minimum Gasteiger partial charge on any atom is -0.393 e. The molecule has 0 aromatic heterocycles. The number of anilines is 2. The molecule has 1 atom stereocenters. The summed E-state index contributed by atoms with van der Waals surface area (Å²) in [7, 11) is 0. The first-order valence-electron chi connectivity index (χ1n) is 8.13.